The van der Waals surface area contributed by atoms with Crippen LogP contribution in [0.4, 0.5) is 0 Å². The number of phosphoric ester groups is 1. The Morgan fingerprint density at radius 1 is 0.448 bits per heavy atom. The van der Waals surface area contributed by atoms with Crippen LogP contribution in [-0.2, 0) is 32.7 Å². The van der Waals surface area contributed by atoms with Crippen molar-refractivity contribution in [1.29, 1.82) is 0 Å². The number of carbonyl (C=O) groups excluding carboxylic acids is 2. The number of carbonyl (C=O) groups is 2. The topological polar surface area (TPSA) is 108 Å². The number of likely N-dealkylation sites (N-methyl/N-ethyl adjacent to an activating group) is 1. The molecule has 0 heterocycles. The third-order valence-corrected chi connectivity index (χ3v) is 14.0. The molecule has 0 aliphatic carbocycles. The van der Waals surface area contributed by atoms with Gasteiger partial charge in [0, 0.05) is 12.8 Å². The van der Waals surface area contributed by atoms with Crippen LogP contribution in [0.1, 0.15) is 290 Å². The Bertz CT molecular complexity index is 1140. The summed E-state index contributed by atoms with van der Waals surface area (Å²) < 4.78 is 34.5. The van der Waals surface area contributed by atoms with Gasteiger partial charge in [-0.1, -0.05) is 251 Å². The van der Waals surface area contributed by atoms with E-state index in [4.69, 9.17) is 18.5 Å². The highest BCUT2D eigenvalue weighted by Gasteiger charge is 2.27. The van der Waals surface area contributed by atoms with E-state index in [2.05, 4.69) is 26.0 Å². The molecule has 2 atom stereocenters. The van der Waals surface area contributed by atoms with Gasteiger partial charge in [-0.05, 0) is 38.5 Å². The first kappa shape index (κ1) is 65.8. The Kier molecular flexibility index (Phi) is 48.8. The highest BCUT2D eigenvalue weighted by molar-refractivity contribution is 7.47. The Labute approximate surface area is 416 Å². The molecule has 0 amide bonds. The molecule has 0 saturated carbocycles. The van der Waals surface area contributed by atoms with E-state index >= 15 is 0 Å². The van der Waals surface area contributed by atoms with E-state index in [0.717, 1.165) is 51.4 Å². The van der Waals surface area contributed by atoms with Crippen molar-refractivity contribution in [3.63, 3.8) is 0 Å². The molecule has 1 N–H and O–H groups in total. The van der Waals surface area contributed by atoms with Gasteiger partial charge in [0.2, 0.25) is 0 Å². The van der Waals surface area contributed by atoms with Crippen molar-refractivity contribution in [2.75, 3.05) is 47.5 Å². The second-order valence-electron chi connectivity index (χ2n) is 21.0. The Hall–Kier alpha value is -1.25. The van der Waals surface area contributed by atoms with Crippen molar-refractivity contribution in [1.82, 2.24) is 0 Å². The number of phosphoric acid groups is 1. The molecule has 0 aromatic heterocycles. The van der Waals surface area contributed by atoms with Crippen LogP contribution in [0.25, 0.3) is 0 Å². The number of ether oxygens (including phenoxy) is 2. The highest BCUT2D eigenvalue weighted by atomic mass is 31.2. The summed E-state index contributed by atoms with van der Waals surface area (Å²) in [5, 5.41) is 0. The summed E-state index contributed by atoms with van der Waals surface area (Å²) in [6, 6.07) is 0. The molecule has 0 bridgehead atoms. The van der Waals surface area contributed by atoms with Gasteiger partial charge in [-0.15, -0.1) is 0 Å². The predicted molar refractivity (Wildman–Crippen MR) is 284 cm³/mol. The van der Waals surface area contributed by atoms with Gasteiger partial charge in [0.15, 0.2) is 6.10 Å². The molecule has 0 aliphatic heterocycles. The quantitative estimate of drug-likeness (QED) is 0.0211. The first-order valence-electron chi connectivity index (χ1n) is 28.9. The minimum Gasteiger partial charge on any atom is -0.462 e. The molecule has 0 spiro atoms. The van der Waals surface area contributed by atoms with Crippen molar-refractivity contribution in [2.24, 2.45) is 0 Å². The molecule has 0 aliphatic rings. The standard InChI is InChI=1S/C57H112NO8P/c1-6-8-10-12-14-16-18-20-21-22-23-24-25-26-27-28-29-30-31-32-33-34-35-36-38-39-41-43-45-47-49-56(59)63-53-55(54-65-67(61,62)64-52-51-58(3,4)5)66-57(60)50-48-46-44-42-40-37-19-17-15-13-11-9-7-2/h17,19,55H,6-16,18,20-54H2,1-5H3/p+1/b19-17-. The lowest BCUT2D eigenvalue weighted by atomic mass is 10.0. The maximum Gasteiger partial charge on any atom is 0.472 e. The van der Waals surface area contributed by atoms with Gasteiger partial charge in [-0.25, -0.2) is 4.57 Å². The van der Waals surface area contributed by atoms with E-state index in [0.29, 0.717) is 23.9 Å². The molecule has 0 rings (SSSR count). The summed E-state index contributed by atoms with van der Waals surface area (Å²) in [5.41, 5.74) is 0. The molecule has 0 aromatic rings. The van der Waals surface area contributed by atoms with Crippen LogP contribution in [0.3, 0.4) is 0 Å². The number of esters is 2. The monoisotopic (exact) mass is 971 g/mol. The summed E-state index contributed by atoms with van der Waals surface area (Å²) in [6.45, 7) is 4.45. The van der Waals surface area contributed by atoms with Gasteiger partial charge >= 0.3 is 19.8 Å². The van der Waals surface area contributed by atoms with Gasteiger partial charge in [0.1, 0.15) is 19.8 Å². The minimum atomic E-state index is -4.38. The van der Waals surface area contributed by atoms with Crippen LogP contribution in [0.15, 0.2) is 12.2 Å². The Balaban J connectivity index is 3.97. The van der Waals surface area contributed by atoms with Crippen LogP contribution in [0.5, 0.6) is 0 Å². The minimum absolute atomic E-state index is 0.0335. The third kappa shape index (κ3) is 53.9. The van der Waals surface area contributed by atoms with Crippen molar-refractivity contribution in [2.45, 2.75) is 296 Å². The lowest BCUT2D eigenvalue weighted by molar-refractivity contribution is -0.870. The molecular formula is C57H113NO8P+. The molecule has 0 aromatic carbocycles. The van der Waals surface area contributed by atoms with E-state index < -0.39 is 26.5 Å². The number of hydrogen-bond acceptors (Lipinski definition) is 7. The molecule has 10 heteroatoms. The second-order valence-corrected chi connectivity index (χ2v) is 22.5. The lowest BCUT2D eigenvalue weighted by Crippen LogP contribution is -2.37. The number of unbranched alkanes of at least 4 members (excludes halogenated alkanes) is 38. The smallest absolute Gasteiger partial charge is 0.462 e. The molecule has 67 heavy (non-hydrogen) atoms. The zero-order valence-corrected chi connectivity index (χ0v) is 46.1. The lowest BCUT2D eigenvalue weighted by Gasteiger charge is -2.24. The molecule has 0 saturated heterocycles. The molecule has 0 fully saturated rings. The van der Waals surface area contributed by atoms with Gasteiger partial charge in [0.25, 0.3) is 0 Å². The maximum atomic E-state index is 12.7. The van der Waals surface area contributed by atoms with Crippen molar-refractivity contribution < 1.29 is 42.1 Å². The second kappa shape index (κ2) is 49.7. The third-order valence-electron chi connectivity index (χ3n) is 13.0. The van der Waals surface area contributed by atoms with Crippen LogP contribution >= 0.6 is 7.82 Å². The van der Waals surface area contributed by atoms with Crippen molar-refractivity contribution in [3.8, 4) is 0 Å². The molecule has 398 valence electrons. The van der Waals surface area contributed by atoms with Crippen LogP contribution < -0.4 is 0 Å². The van der Waals surface area contributed by atoms with Gasteiger partial charge in [-0.2, -0.15) is 0 Å². The predicted octanol–water partition coefficient (Wildman–Crippen LogP) is 17.7. The highest BCUT2D eigenvalue weighted by Crippen LogP contribution is 2.43. The van der Waals surface area contributed by atoms with Crippen LogP contribution in [0.2, 0.25) is 0 Å². The Morgan fingerprint density at radius 3 is 1.12 bits per heavy atom. The summed E-state index contributed by atoms with van der Waals surface area (Å²) in [4.78, 5) is 35.6. The fourth-order valence-electron chi connectivity index (χ4n) is 8.54. The molecule has 0 radical (unpaired) electrons. The maximum absolute atomic E-state index is 12.7. The number of rotatable bonds is 54. The van der Waals surface area contributed by atoms with E-state index in [9.17, 15) is 19.0 Å². The fraction of sp³-hybridized carbons (Fsp3) is 0.930. The first-order chi connectivity index (χ1) is 32.5. The van der Waals surface area contributed by atoms with E-state index in [1.807, 2.05) is 21.1 Å². The van der Waals surface area contributed by atoms with Crippen LogP contribution in [0, 0.1) is 0 Å². The number of nitrogens with zero attached hydrogens (tertiary/aromatic N) is 1. The molecule has 9 nitrogen and oxygen atoms in total. The van der Waals surface area contributed by atoms with Gasteiger partial charge in [0.05, 0.1) is 27.7 Å². The van der Waals surface area contributed by atoms with E-state index in [1.165, 1.54) is 205 Å². The zero-order valence-electron chi connectivity index (χ0n) is 45.2. The van der Waals surface area contributed by atoms with Crippen LogP contribution in [-0.4, -0.2) is 74.9 Å². The summed E-state index contributed by atoms with van der Waals surface area (Å²) >= 11 is 0. The van der Waals surface area contributed by atoms with Gasteiger partial charge in [-0.3, -0.25) is 18.6 Å². The van der Waals surface area contributed by atoms with E-state index in [-0.39, 0.29) is 25.6 Å². The average Bonchev–Trinajstić information content (AvgIpc) is 3.29. The zero-order chi connectivity index (χ0) is 49.2. The number of quaternary nitrogens is 1. The molecule has 2 unspecified atom stereocenters. The average molecular weight is 972 g/mol. The molecular weight excluding hydrogens is 858 g/mol. The summed E-state index contributed by atoms with van der Waals surface area (Å²) in [5.74, 6) is -0.792. The summed E-state index contributed by atoms with van der Waals surface area (Å²) in [6.07, 6.45) is 57.3. The SMILES string of the molecule is CCCCCC/C=C\CCCCCCCC(=O)OC(COC(=O)CCCCCCCCCCCCCCCCCCCCCCCCCCCCCCCC)COP(=O)(O)OCC[N+](C)(C)C. The first-order valence-corrected chi connectivity index (χ1v) is 30.4. The Morgan fingerprint density at radius 2 is 0.761 bits per heavy atom. The fourth-order valence-corrected chi connectivity index (χ4v) is 9.28. The summed E-state index contributed by atoms with van der Waals surface area (Å²) in [7, 11) is 1.49. The van der Waals surface area contributed by atoms with Crippen molar-refractivity contribution >= 4 is 19.8 Å². The largest absolute Gasteiger partial charge is 0.472 e. The number of allylic oxidation sites excluding steroid dienone is 2. The van der Waals surface area contributed by atoms with Crippen molar-refractivity contribution in [3.05, 3.63) is 12.2 Å². The number of hydrogen-bond donors (Lipinski definition) is 1. The van der Waals surface area contributed by atoms with E-state index in [1.54, 1.807) is 0 Å². The normalized spacial score (nSPS) is 13.3. The van der Waals surface area contributed by atoms with Gasteiger partial charge < -0.3 is 18.9 Å².